The fourth-order valence-electron chi connectivity index (χ4n) is 9.52. The third-order valence-corrected chi connectivity index (χ3v) is 12.1. The van der Waals surface area contributed by atoms with E-state index in [0.29, 0.717) is 10.8 Å². The molecule has 0 bridgehead atoms. The fraction of sp³-hybridized carbons (Fsp3) is 0.966. The number of hydrogen-bond acceptors (Lipinski definition) is 2. The van der Waals surface area contributed by atoms with E-state index in [0.717, 1.165) is 60.6 Å². The summed E-state index contributed by atoms with van der Waals surface area (Å²) >= 11 is 1.54. The molecule has 2 amide bonds. The third-order valence-electron chi connectivity index (χ3n) is 11.3. The number of urea groups is 1. The zero-order valence-electron chi connectivity index (χ0n) is 22.1. The van der Waals surface area contributed by atoms with Gasteiger partial charge in [0.15, 0.2) is 0 Å². The molecule has 0 heterocycles. The Kier molecular flexibility index (Phi) is 8.67. The van der Waals surface area contributed by atoms with Gasteiger partial charge in [0.1, 0.15) is 0 Å². The lowest BCUT2D eigenvalue weighted by molar-refractivity contribution is -0.135. The molecule has 2 N–H and O–H groups in total. The lowest BCUT2D eigenvalue weighted by Gasteiger charge is -2.62. The molecule has 8 atom stereocenters. The minimum Gasteiger partial charge on any atom is -0.337 e. The number of unbranched alkanes of at least 4 members (excludes halogenated alkanes) is 1. The zero-order chi connectivity index (χ0) is 23.5. The van der Waals surface area contributed by atoms with Gasteiger partial charge in [-0.05, 0) is 122 Å². The largest absolute Gasteiger partial charge is 0.337 e. The van der Waals surface area contributed by atoms with E-state index in [9.17, 15) is 4.79 Å². The minimum atomic E-state index is -0.00443. The van der Waals surface area contributed by atoms with Crippen LogP contribution in [-0.4, -0.2) is 18.3 Å². The van der Waals surface area contributed by atoms with Crippen LogP contribution in [-0.2, 0) is 0 Å². The molecule has 0 saturated heterocycles. The van der Waals surface area contributed by atoms with Crippen LogP contribution in [0.25, 0.3) is 0 Å². The number of fused-ring (bicyclic) bond motifs is 5. The molecule has 4 saturated carbocycles. The SMILES string of the molecule is CCCCSNC(=O)NCCCC1CCC2C3C[C@H](CC)C4CCCCC4(C)[C@H]3CCC12C. The first kappa shape index (κ1) is 25.7. The molecule has 0 aromatic heterocycles. The Morgan fingerprint density at radius 2 is 1.76 bits per heavy atom. The summed E-state index contributed by atoms with van der Waals surface area (Å²) in [6.45, 7) is 10.9. The molecule has 4 rings (SSSR count). The van der Waals surface area contributed by atoms with Crippen molar-refractivity contribution < 1.29 is 4.79 Å². The van der Waals surface area contributed by atoms with Crippen LogP contribution in [0.1, 0.15) is 118 Å². The van der Waals surface area contributed by atoms with Crippen molar-refractivity contribution in [1.82, 2.24) is 10.0 Å². The maximum atomic E-state index is 12.0. The summed E-state index contributed by atoms with van der Waals surface area (Å²) in [5.74, 6) is 6.81. The van der Waals surface area contributed by atoms with E-state index in [1.807, 2.05) is 0 Å². The van der Waals surface area contributed by atoms with Crippen LogP contribution >= 0.6 is 11.9 Å². The van der Waals surface area contributed by atoms with Crippen molar-refractivity contribution >= 4 is 18.0 Å². The highest BCUT2D eigenvalue weighted by molar-refractivity contribution is 7.97. The van der Waals surface area contributed by atoms with Crippen LogP contribution < -0.4 is 10.0 Å². The molecule has 6 unspecified atom stereocenters. The van der Waals surface area contributed by atoms with Crippen molar-refractivity contribution in [3.8, 4) is 0 Å². The Labute approximate surface area is 208 Å². The summed E-state index contributed by atoms with van der Waals surface area (Å²) in [5.41, 5.74) is 1.18. The highest BCUT2D eigenvalue weighted by Crippen LogP contribution is 2.69. The zero-order valence-corrected chi connectivity index (χ0v) is 22.9. The summed E-state index contributed by atoms with van der Waals surface area (Å²) in [5, 5.41) is 3.09. The summed E-state index contributed by atoms with van der Waals surface area (Å²) in [6.07, 6.45) is 19.6. The lowest BCUT2D eigenvalue weighted by Crippen LogP contribution is -2.55. The molecule has 0 aromatic rings. The number of hydrogen-bond donors (Lipinski definition) is 2. The average molecular weight is 477 g/mol. The molecular weight excluding hydrogens is 424 g/mol. The highest BCUT2D eigenvalue weighted by Gasteiger charge is 2.60. The van der Waals surface area contributed by atoms with E-state index in [1.165, 1.54) is 77.0 Å². The Hall–Kier alpha value is -0.380. The van der Waals surface area contributed by atoms with E-state index in [4.69, 9.17) is 0 Å². The van der Waals surface area contributed by atoms with E-state index in [1.54, 1.807) is 11.9 Å². The predicted octanol–water partition coefficient (Wildman–Crippen LogP) is 8.20. The molecule has 0 aromatic carbocycles. The lowest BCUT2D eigenvalue weighted by atomic mass is 9.42. The van der Waals surface area contributed by atoms with E-state index < -0.39 is 0 Å². The van der Waals surface area contributed by atoms with Crippen LogP contribution in [0.3, 0.4) is 0 Å². The summed E-state index contributed by atoms with van der Waals surface area (Å²) in [7, 11) is 0. The molecule has 33 heavy (non-hydrogen) atoms. The maximum Gasteiger partial charge on any atom is 0.324 e. The van der Waals surface area contributed by atoms with Gasteiger partial charge in [0.25, 0.3) is 0 Å². The van der Waals surface area contributed by atoms with Gasteiger partial charge in [-0.2, -0.15) is 0 Å². The van der Waals surface area contributed by atoms with Gasteiger partial charge >= 0.3 is 6.03 Å². The maximum absolute atomic E-state index is 12.0. The Bertz CT molecular complexity index is 656. The topological polar surface area (TPSA) is 41.1 Å². The van der Waals surface area contributed by atoms with Crippen molar-refractivity contribution in [2.75, 3.05) is 12.3 Å². The van der Waals surface area contributed by atoms with Crippen LogP contribution in [0.4, 0.5) is 4.79 Å². The van der Waals surface area contributed by atoms with Crippen molar-refractivity contribution in [3.05, 3.63) is 0 Å². The van der Waals surface area contributed by atoms with Crippen LogP contribution in [0.15, 0.2) is 0 Å². The molecule has 0 aliphatic heterocycles. The molecule has 4 aliphatic carbocycles. The number of amides is 2. The Morgan fingerprint density at radius 3 is 2.55 bits per heavy atom. The van der Waals surface area contributed by atoms with Gasteiger partial charge in [-0.25, -0.2) is 4.79 Å². The standard InChI is InChI=1S/C29H52N2OS/c1-5-7-19-33-31-27(32)30-18-10-11-22-13-14-25-23-20-21(6-2)24-12-8-9-16-29(24,4)26(23)15-17-28(22,25)3/h21-26H,5-20H2,1-4H3,(H2,30,31,32)/t21-,22?,23?,24?,25?,26-,28?,29?/m0/s1. The first-order valence-electron chi connectivity index (χ1n) is 14.6. The van der Waals surface area contributed by atoms with Gasteiger partial charge in [0.2, 0.25) is 0 Å². The van der Waals surface area contributed by atoms with Gasteiger partial charge < -0.3 is 5.32 Å². The Morgan fingerprint density at radius 1 is 0.939 bits per heavy atom. The number of rotatable bonds is 9. The van der Waals surface area contributed by atoms with Crippen molar-refractivity contribution in [1.29, 1.82) is 0 Å². The molecule has 190 valence electrons. The monoisotopic (exact) mass is 476 g/mol. The summed E-state index contributed by atoms with van der Waals surface area (Å²) < 4.78 is 2.93. The second-order valence-electron chi connectivity index (χ2n) is 12.7. The van der Waals surface area contributed by atoms with Crippen molar-refractivity contribution in [3.63, 3.8) is 0 Å². The van der Waals surface area contributed by atoms with E-state index in [-0.39, 0.29) is 6.03 Å². The van der Waals surface area contributed by atoms with Gasteiger partial charge in [-0.15, -0.1) is 0 Å². The first-order valence-corrected chi connectivity index (χ1v) is 15.6. The fourth-order valence-corrected chi connectivity index (χ4v) is 10.3. The highest BCUT2D eigenvalue weighted by atomic mass is 32.2. The Balaban J connectivity index is 1.31. The molecule has 4 aliphatic rings. The van der Waals surface area contributed by atoms with Crippen molar-refractivity contribution in [2.45, 2.75) is 118 Å². The average Bonchev–Trinajstić information content (AvgIpc) is 3.15. The third kappa shape index (κ3) is 5.12. The minimum absolute atomic E-state index is 0.00443. The molecule has 4 fully saturated rings. The number of nitrogens with one attached hydrogen (secondary N) is 2. The summed E-state index contributed by atoms with van der Waals surface area (Å²) in [4.78, 5) is 12.0. The molecule has 3 nitrogen and oxygen atoms in total. The second kappa shape index (κ2) is 11.1. The molecule has 0 radical (unpaired) electrons. The van der Waals surface area contributed by atoms with Gasteiger partial charge in [0, 0.05) is 12.3 Å². The van der Waals surface area contributed by atoms with Gasteiger partial charge in [-0.1, -0.05) is 53.4 Å². The van der Waals surface area contributed by atoms with Crippen LogP contribution in [0.2, 0.25) is 0 Å². The van der Waals surface area contributed by atoms with Gasteiger partial charge in [0.05, 0.1) is 0 Å². The molecule has 4 heteroatoms. The van der Waals surface area contributed by atoms with Crippen LogP contribution in [0, 0.1) is 46.3 Å². The van der Waals surface area contributed by atoms with Gasteiger partial charge in [-0.3, -0.25) is 4.72 Å². The van der Waals surface area contributed by atoms with E-state index >= 15 is 0 Å². The van der Waals surface area contributed by atoms with Crippen LogP contribution in [0.5, 0.6) is 0 Å². The smallest absolute Gasteiger partial charge is 0.324 e. The molecular formula is C29H52N2OS. The number of carbonyl (C=O) groups is 1. The first-order chi connectivity index (χ1) is 15.9. The predicted molar refractivity (Wildman–Crippen MR) is 142 cm³/mol. The number of carbonyl (C=O) groups excluding carboxylic acids is 1. The normalized spacial score (nSPS) is 42.2. The second-order valence-corrected chi connectivity index (χ2v) is 13.6. The molecule has 0 spiro atoms. The van der Waals surface area contributed by atoms with E-state index in [2.05, 4.69) is 37.7 Å². The van der Waals surface area contributed by atoms with Crippen molar-refractivity contribution in [2.24, 2.45) is 46.3 Å². The quantitative estimate of drug-likeness (QED) is 0.260. The summed E-state index contributed by atoms with van der Waals surface area (Å²) in [6, 6.07) is -0.00443.